The van der Waals surface area contributed by atoms with Crippen LogP contribution in [0.2, 0.25) is 0 Å². The summed E-state index contributed by atoms with van der Waals surface area (Å²) in [7, 11) is 0. The number of nitrogens with zero attached hydrogens (tertiary/aromatic N) is 9. The summed E-state index contributed by atoms with van der Waals surface area (Å²) in [5.74, 6) is -1.12. The van der Waals surface area contributed by atoms with Crippen LogP contribution in [0.5, 0.6) is 11.5 Å². The molecule has 2 aliphatic rings. The minimum Gasteiger partial charge on any atom is -0.491 e. The fraction of sp³-hybridized carbons (Fsp3) is 0.432. The van der Waals surface area contributed by atoms with E-state index in [2.05, 4.69) is 26.1 Å². The summed E-state index contributed by atoms with van der Waals surface area (Å²) in [5, 5.41) is 17.8. The van der Waals surface area contributed by atoms with Gasteiger partial charge in [-0.15, -0.1) is 0 Å². The molecule has 0 bridgehead atoms. The van der Waals surface area contributed by atoms with Crippen molar-refractivity contribution >= 4 is 63.5 Å². The Balaban J connectivity index is 1.08. The molecule has 0 unspecified atom stereocenters. The van der Waals surface area contributed by atoms with Gasteiger partial charge in [-0.3, -0.25) is 48.9 Å². The van der Waals surface area contributed by atoms with Gasteiger partial charge in [-0.05, 0) is 83.4 Å². The number of ether oxygens (including phenoxy) is 3. The number of benzene rings is 2. The zero-order chi connectivity index (χ0) is 46.6. The van der Waals surface area contributed by atoms with Crippen molar-refractivity contribution in [3.05, 3.63) is 70.3 Å². The molecule has 0 aliphatic carbocycles. The Morgan fingerprint density at radius 3 is 2.03 bits per heavy atom. The van der Waals surface area contributed by atoms with Crippen molar-refractivity contribution in [1.29, 1.82) is 0 Å². The SMILES string of the molecule is CCn1nc(C)cc1C(=O)Nc1nc2cc(C(N)=O)cc(OCCCNC(=O)CN3CCOCC3)c2n1CCC[C@H]1COc2cc(C(N)=O)cc3nc(NC(=O)c4cc(C)nn4CC)n1c23. The van der Waals surface area contributed by atoms with Crippen LogP contribution in [-0.2, 0) is 29.2 Å². The predicted octanol–water partition coefficient (Wildman–Crippen LogP) is 2.77. The van der Waals surface area contributed by atoms with Gasteiger partial charge in [-0.25, -0.2) is 9.97 Å². The monoisotopic (exact) mass is 906 g/mol. The van der Waals surface area contributed by atoms with Crippen molar-refractivity contribution < 1.29 is 38.2 Å². The second kappa shape index (κ2) is 19.4. The molecule has 66 heavy (non-hydrogen) atoms. The fourth-order valence-electron chi connectivity index (χ4n) is 8.41. The number of anilines is 2. The molecule has 8 rings (SSSR count). The van der Waals surface area contributed by atoms with E-state index >= 15 is 0 Å². The zero-order valence-corrected chi connectivity index (χ0v) is 37.4. The van der Waals surface area contributed by atoms with E-state index in [4.69, 9.17) is 35.6 Å². The molecule has 6 aromatic rings. The number of carbonyl (C=O) groups is 5. The molecule has 0 spiro atoms. The van der Waals surface area contributed by atoms with Gasteiger partial charge >= 0.3 is 0 Å². The molecule has 348 valence electrons. The summed E-state index contributed by atoms with van der Waals surface area (Å²) >= 11 is 0. The topological polar surface area (TPSA) is 276 Å². The maximum atomic E-state index is 13.9. The van der Waals surface area contributed by atoms with E-state index in [-0.39, 0.29) is 54.7 Å². The lowest BCUT2D eigenvalue weighted by molar-refractivity contribution is -0.123. The van der Waals surface area contributed by atoms with E-state index in [0.717, 1.165) is 0 Å². The highest BCUT2D eigenvalue weighted by atomic mass is 16.5. The quantitative estimate of drug-likeness (QED) is 0.0733. The van der Waals surface area contributed by atoms with E-state index in [9.17, 15) is 24.0 Å². The van der Waals surface area contributed by atoms with Crippen LogP contribution in [0, 0.1) is 13.8 Å². The minimum absolute atomic E-state index is 0.0969. The van der Waals surface area contributed by atoms with Crippen LogP contribution >= 0.6 is 0 Å². The molecular weight excluding hydrogens is 853 g/mol. The Morgan fingerprint density at radius 2 is 1.39 bits per heavy atom. The summed E-state index contributed by atoms with van der Waals surface area (Å²) < 4.78 is 24.9. The Hall–Kier alpha value is -7.33. The molecular formula is C44H54N14O8. The second-order valence-electron chi connectivity index (χ2n) is 16.2. The van der Waals surface area contributed by atoms with Crippen LogP contribution in [0.25, 0.3) is 22.1 Å². The third-order valence-electron chi connectivity index (χ3n) is 11.5. The molecule has 5 amide bonds. The molecule has 1 atom stereocenters. The molecule has 4 aromatic heterocycles. The number of primary amides is 2. The minimum atomic E-state index is -0.691. The predicted molar refractivity (Wildman–Crippen MR) is 242 cm³/mol. The first kappa shape index (κ1) is 45.2. The summed E-state index contributed by atoms with van der Waals surface area (Å²) in [5.41, 5.74) is 15.8. The fourth-order valence-corrected chi connectivity index (χ4v) is 8.41. The van der Waals surface area contributed by atoms with E-state index in [1.54, 1.807) is 52.7 Å². The van der Waals surface area contributed by atoms with Crippen molar-refractivity contribution in [3.63, 3.8) is 0 Å². The number of nitrogens with two attached hydrogens (primary N) is 2. The number of aryl methyl sites for hydroxylation is 5. The van der Waals surface area contributed by atoms with Gasteiger partial charge in [0, 0.05) is 50.4 Å². The van der Waals surface area contributed by atoms with Crippen LogP contribution in [0.15, 0.2) is 36.4 Å². The number of fused-ring (bicyclic) bond motifs is 1. The van der Waals surface area contributed by atoms with Crippen LogP contribution in [0.3, 0.4) is 0 Å². The molecule has 2 aromatic carbocycles. The highest BCUT2D eigenvalue weighted by Gasteiger charge is 2.30. The highest BCUT2D eigenvalue weighted by Crippen LogP contribution is 2.39. The average Bonchev–Trinajstić information content (AvgIpc) is 4.07. The lowest BCUT2D eigenvalue weighted by atomic mass is 10.1. The van der Waals surface area contributed by atoms with Gasteiger partial charge in [0.05, 0.1) is 54.8 Å². The second-order valence-corrected chi connectivity index (χ2v) is 16.2. The van der Waals surface area contributed by atoms with Gasteiger partial charge in [-0.1, -0.05) is 0 Å². The summed E-state index contributed by atoms with van der Waals surface area (Å²) in [6.07, 6.45) is 1.41. The van der Waals surface area contributed by atoms with Gasteiger partial charge in [0.15, 0.2) is 0 Å². The normalized spacial score (nSPS) is 14.9. The molecule has 0 saturated carbocycles. The zero-order valence-electron chi connectivity index (χ0n) is 37.4. The molecule has 0 radical (unpaired) electrons. The van der Waals surface area contributed by atoms with Crippen LogP contribution in [0.4, 0.5) is 11.9 Å². The third-order valence-corrected chi connectivity index (χ3v) is 11.5. The van der Waals surface area contributed by atoms with Crippen LogP contribution in [0.1, 0.15) is 92.2 Å². The summed E-state index contributed by atoms with van der Waals surface area (Å²) in [6, 6.07) is 9.28. The summed E-state index contributed by atoms with van der Waals surface area (Å²) in [4.78, 5) is 76.8. The number of hydrogen-bond donors (Lipinski definition) is 5. The van der Waals surface area contributed by atoms with Crippen molar-refractivity contribution in [2.45, 2.75) is 72.6 Å². The van der Waals surface area contributed by atoms with Crippen molar-refractivity contribution in [2.75, 3.05) is 63.2 Å². The number of amides is 5. The van der Waals surface area contributed by atoms with E-state index in [1.165, 1.54) is 0 Å². The maximum absolute atomic E-state index is 13.9. The number of nitrogens with one attached hydrogen (secondary N) is 3. The molecule has 22 nitrogen and oxygen atoms in total. The molecule has 1 saturated heterocycles. The van der Waals surface area contributed by atoms with Gasteiger partial charge in [0.2, 0.25) is 29.6 Å². The Kier molecular flexibility index (Phi) is 13.3. The van der Waals surface area contributed by atoms with Crippen LogP contribution < -0.4 is 36.9 Å². The Bertz CT molecular complexity index is 2830. The number of morpholine rings is 1. The van der Waals surface area contributed by atoms with E-state index < -0.39 is 23.6 Å². The first-order chi connectivity index (χ1) is 31.8. The van der Waals surface area contributed by atoms with E-state index in [0.29, 0.717) is 128 Å². The lowest BCUT2D eigenvalue weighted by Gasteiger charge is -2.27. The maximum Gasteiger partial charge on any atom is 0.276 e. The highest BCUT2D eigenvalue weighted by molar-refractivity contribution is 6.05. The number of aromatic nitrogens is 8. The third kappa shape index (κ3) is 9.54. The van der Waals surface area contributed by atoms with Gasteiger partial charge < -0.3 is 40.1 Å². The Morgan fingerprint density at radius 1 is 0.788 bits per heavy atom. The van der Waals surface area contributed by atoms with Gasteiger partial charge in [0.1, 0.15) is 40.5 Å². The first-order valence-corrected chi connectivity index (χ1v) is 22.1. The van der Waals surface area contributed by atoms with Crippen molar-refractivity contribution in [1.82, 2.24) is 48.9 Å². The molecule has 6 heterocycles. The van der Waals surface area contributed by atoms with Crippen molar-refractivity contribution in [2.24, 2.45) is 11.5 Å². The van der Waals surface area contributed by atoms with Gasteiger partial charge in [-0.2, -0.15) is 10.2 Å². The smallest absolute Gasteiger partial charge is 0.276 e. The molecule has 1 fully saturated rings. The van der Waals surface area contributed by atoms with Gasteiger partial charge in [0.25, 0.3) is 11.8 Å². The largest absolute Gasteiger partial charge is 0.491 e. The number of imidazole rings is 2. The number of hydrogen-bond acceptors (Lipinski definition) is 13. The molecule has 22 heteroatoms. The first-order valence-electron chi connectivity index (χ1n) is 22.1. The Labute approximate surface area is 378 Å². The van der Waals surface area contributed by atoms with Crippen LogP contribution in [-0.4, -0.2) is 126 Å². The number of rotatable bonds is 19. The summed E-state index contributed by atoms with van der Waals surface area (Å²) in [6.45, 7) is 12.2. The average molecular weight is 907 g/mol. The lowest BCUT2D eigenvalue weighted by Crippen LogP contribution is -2.43. The van der Waals surface area contributed by atoms with Crippen molar-refractivity contribution in [3.8, 4) is 11.5 Å². The number of carbonyl (C=O) groups excluding carboxylic acids is 5. The standard InChI is InChI=1S/C44H54N14O8/c1-5-56-32(17-25(3)52-56)41(62)50-43-48-30-19-27(39(45)60)21-34(65-14-8-10-47-36(59)23-54-12-15-64-16-13-54)37(30)55(43)11-7-9-29-24-66-35-22-28(40(46)61)20-31-38(35)58(29)44(49-31)51-42(63)33-18-26(4)53-57(33)6-2/h17-22,29H,5-16,23-24H2,1-4H3,(H2,45,60)(H2,46,61)(H,47,59)(H,48,50,62)(H,49,51,63)/t29-/m0/s1. The molecule has 7 N–H and O–H groups in total. The van der Waals surface area contributed by atoms with E-state index in [1.807, 2.05) is 34.8 Å². The molecule has 2 aliphatic heterocycles.